The summed E-state index contributed by atoms with van der Waals surface area (Å²) in [5.74, 6) is 0.633. The fourth-order valence-electron chi connectivity index (χ4n) is 2.37. The van der Waals surface area contributed by atoms with E-state index in [1.165, 1.54) is 0 Å². The van der Waals surface area contributed by atoms with Gasteiger partial charge in [0.2, 0.25) is 9.05 Å². The third kappa shape index (κ3) is 3.11. The molecule has 0 aromatic carbocycles. The summed E-state index contributed by atoms with van der Waals surface area (Å²) in [5, 5.41) is 0. The standard InChI is InChI=1S/C8H15ClO3S/c1-7-3-8(4-7,5-12-2)6-13(9,10)11/h7H,3-6H2,1-2H3. The van der Waals surface area contributed by atoms with Gasteiger partial charge in [0, 0.05) is 23.2 Å². The van der Waals surface area contributed by atoms with Crippen molar-refractivity contribution < 1.29 is 13.2 Å². The van der Waals surface area contributed by atoms with Crippen molar-refractivity contribution in [3.05, 3.63) is 0 Å². The molecule has 1 rings (SSSR count). The van der Waals surface area contributed by atoms with Crippen LogP contribution in [0.15, 0.2) is 0 Å². The maximum Gasteiger partial charge on any atom is 0.233 e. The molecule has 1 fully saturated rings. The van der Waals surface area contributed by atoms with Crippen LogP contribution in [0.3, 0.4) is 0 Å². The zero-order valence-electron chi connectivity index (χ0n) is 7.92. The largest absolute Gasteiger partial charge is 0.384 e. The molecule has 0 radical (unpaired) electrons. The van der Waals surface area contributed by atoms with E-state index in [2.05, 4.69) is 6.92 Å². The number of rotatable bonds is 4. The van der Waals surface area contributed by atoms with Gasteiger partial charge in [0.15, 0.2) is 0 Å². The number of hydrogen-bond donors (Lipinski definition) is 0. The van der Waals surface area contributed by atoms with Crippen molar-refractivity contribution in [1.29, 1.82) is 0 Å². The number of ether oxygens (including phenoxy) is 1. The zero-order valence-corrected chi connectivity index (χ0v) is 9.49. The van der Waals surface area contributed by atoms with Crippen molar-refractivity contribution in [2.45, 2.75) is 19.8 Å². The van der Waals surface area contributed by atoms with E-state index in [1.807, 2.05) is 0 Å². The van der Waals surface area contributed by atoms with Crippen molar-refractivity contribution in [2.24, 2.45) is 11.3 Å². The lowest BCUT2D eigenvalue weighted by atomic mass is 9.64. The molecule has 0 aliphatic heterocycles. The fraction of sp³-hybridized carbons (Fsp3) is 1.00. The Labute approximate surface area is 83.8 Å². The Morgan fingerprint density at radius 3 is 2.38 bits per heavy atom. The third-order valence-corrected chi connectivity index (χ3v) is 3.78. The summed E-state index contributed by atoms with van der Waals surface area (Å²) in [5.41, 5.74) is -0.214. The first-order valence-electron chi connectivity index (χ1n) is 4.28. The highest BCUT2D eigenvalue weighted by Gasteiger charge is 2.44. The van der Waals surface area contributed by atoms with Gasteiger partial charge >= 0.3 is 0 Å². The highest BCUT2D eigenvalue weighted by atomic mass is 35.7. The summed E-state index contributed by atoms with van der Waals surface area (Å²) in [6.07, 6.45) is 1.79. The monoisotopic (exact) mass is 226 g/mol. The lowest BCUT2D eigenvalue weighted by Gasteiger charge is -2.45. The first-order chi connectivity index (χ1) is 5.87. The van der Waals surface area contributed by atoms with Crippen LogP contribution in [-0.2, 0) is 13.8 Å². The van der Waals surface area contributed by atoms with Crippen LogP contribution in [0.2, 0.25) is 0 Å². The molecule has 78 valence electrons. The lowest BCUT2D eigenvalue weighted by Crippen LogP contribution is -2.44. The normalized spacial score (nSPS) is 34.2. The molecule has 1 aliphatic rings. The average Bonchev–Trinajstić information content (AvgIpc) is 1.80. The molecule has 1 saturated carbocycles. The molecule has 0 amide bonds. The molecule has 0 spiro atoms. The highest BCUT2D eigenvalue weighted by molar-refractivity contribution is 8.13. The van der Waals surface area contributed by atoms with Gasteiger partial charge in [0.25, 0.3) is 0 Å². The third-order valence-electron chi connectivity index (χ3n) is 2.49. The Morgan fingerprint density at radius 2 is 2.08 bits per heavy atom. The SMILES string of the molecule is COCC1(CS(=O)(=O)Cl)CC(C)C1. The minimum atomic E-state index is -3.40. The quantitative estimate of drug-likeness (QED) is 0.685. The van der Waals surface area contributed by atoms with Crippen LogP contribution >= 0.6 is 10.7 Å². The topological polar surface area (TPSA) is 43.4 Å². The Bertz CT molecular complexity index is 262. The molecular formula is C8H15ClO3S. The van der Waals surface area contributed by atoms with Crippen molar-refractivity contribution in [1.82, 2.24) is 0 Å². The molecule has 0 atom stereocenters. The molecular weight excluding hydrogens is 212 g/mol. The van der Waals surface area contributed by atoms with Crippen molar-refractivity contribution in [2.75, 3.05) is 19.5 Å². The van der Waals surface area contributed by atoms with Crippen LogP contribution in [0.4, 0.5) is 0 Å². The Balaban J connectivity index is 2.60. The molecule has 0 unspecified atom stereocenters. The summed E-state index contributed by atoms with van der Waals surface area (Å²) in [4.78, 5) is 0. The predicted molar refractivity (Wildman–Crippen MR) is 52.3 cm³/mol. The molecule has 0 aromatic heterocycles. The van der Waals surface area contributed by atoms with E-state index in [4.69, 9.17) is 15.4 Å². The summed E-state index contributed by atoms with van der Waals surface area (Å²) < 4.78 is 26.9. The van der Waals surface area contributed by atoms with Crippen LogP contribution < -0.4 is 0 Å². The molecule has 0 aromatic rings. The number of methoxy groups -OCH3 is 1. The Morgan fingerprint density at radius 1 is 1.54 bits per heavy atom. The van der Waals surface area contributed by atoms with Crippen LogP contribution in [-0.4, -0.2) is 27.9 Å². The smallest absolute Gasteiger partial charge is 0.233 e. The van der Waals surface area contributed by atoms with E-state index >= 15 is 0 Å². The second-order valence-electron chi connectivity index (χ2n) is 4.13. The van der Waals surface area contributed by atoms with Gasteiger partial charge in [-0.25, -0.2) is 8.42 Å². The van der Waals surface area contributed by atoms with Crippen LogP contribution in [0.25, 0.3) is 0 Å². The van der Waals surface area contributed by atoms with E-state index < -0.39 is 9.05 Å². The molecule has 5 heteroatoms. The maximum atomic E-state index is 10.9. The minimum absolute atomic E-state index is 0.0414. The molecule has 0 heterocycles. The van der Waals surface area contributed by atoms with Crippen LogP contribution in [0.1, 0.15) is 19.8 Å². The number of hydrogen-bond acceptors (Lipinski definition) is 3. The molecule has 3 nitrogen and oxygen atoms in total. The second-order valence-corrected chi connectivity index (χ2v) is 6.91. The minimum Gasteiger partial charge on any atom is -0.384 e. The van der Waals surface area contributed by atoms with Gasteiger partial charge in [0.05, 0.1) is 12.4 Å². The zero-order chi connectivity index (χ0) is 10.1. The van der Waals surface area contributed by atoms with E-state index in [0.29, 0.717) is 12.5 Å². The van der Waals surface area contributed by atoms with Gasteiger partial charge in [0.1, 0.15) is 0 Å². The van der Waals surface area contributed by atoms with Crippen LogP contribution in [0, 0.1) is 11.3 Å². The van der Waals surface area contributed by atoms with Crippen molar-refractivity contribution in [3.8, 4) is 0 Å². The van der Waals surface area contributed by atoms with Crippen molar-refractivity contribution in [3.63, 3.8) is 0 Å². The van der Waals surface area contributed by atoms with E-state index in [0.717, 1.165) is 12.8 Å². The van der Waals surface area contributed by atoms with E-state index in [1.54, 1.807) is 7.11 Å². The fourth-order valence-corrected chi connectivity index (χ4v) is 4.11. The molecule has 0 bridgehead atoms. The number of halogens is 1. The van der Waals surface area contributed by atoms with Gasteiger partial charge in [-0.15, -0.1) is 0 Å². The molecule has 13 heavy (non-hydrogen) atoms. The van der Waals surface area contributed by atoms with Gasteiger partial charge < -0.3 is 4.74 Å². The maximum absolute atomic E-state index is 10.9. The van der Waals surface area contributed by atoms with Gasteiger partial charge in [-0.1, -0.05) is 6.92 Å². The van der Waals surface area contributed by atoms with E-state index in [-0.39, 0.29) is 11.2 Å². The molecule has 1 aliphatic carbocycles. The average molecular weight is 227 g/mol. The van der Waals surface area contributed by atoms with E-state index in [9.17, 15) is 8.42 Å². The summed E-state index contributed by atoms with van der Waals surface area (Å²) >= 11 is 0. The predicted octanol–water partition coefficient (Wildman–Crippen LogP) is 1.62. The first-order valence-corrected chi connectivity index (χ1v) is 6.76. The molecule has 0 N–H and O–H groups in total. The van der Waals surface area contributed by atoms with Gasteiger partial charge in [-0.2, -0.15) is 0 Å². The summed E-state index contributed by atoms with van der Waals surface area (Å²) in [6.45, 7) is 2.60. The van der Waals surface area contributed by atoms with Gasteiger partial charge in [-0.3, -0.25) is 0 Å². The first kappa shape index (κ1) is 11.3. The van der Waals surface area contributed by atoms with Gasteiger partial charge in [-0.05, 0) is 18.8 Å². The molecule has 0 saturated heterocycles. The Hall–Kier alpha value is 0.200. The Kier molecular flexibility index (Phi) is 3.25. The highest BCUT2D eigenvalue weighted by Crippen LogP contribution is 2.46. The lowest BCUT2D eigenvalue weighted by molar-refractivity contribution is 0.000868. The second kappa shape index (κ2) is 3.75. The van der Waals surface area contributed by atoms with Crippen molar-refractivity contribution >= 4 is 19.7 Å². The summed E-state index contributed by atoms with van der Waals surface area (Å²) in [6, 6.07) is 0. The van der Waals surface area contributed by atoms with Crippen LogP contribution in [0.5, 0.6) is 0 Å². The summed E-state index contributed by atoms with van der Waals surface area (Å²) in [7, 11) is 3.42.